The fourth-order valence-corrected chi connectivity index (χ4v) is 5.24. The highest BCUT2D eigenvalue weighted by molar-refractivity contribution is 7.99. The van der Waals surface area contributed by atoms with E-state index in [1.165, 1.54) is 18.2 Å². The summed E-state index contributed by atoms with van der Waals surface area (Å²) in [7, 11) is 1.68. The number of aromatic amines is 1. The third-order valence-corrected chi connectivity index (χ3v) is 7.09. The molecular formula is C24H29N5O2S. The number of ether oxygens (including phenoxy) is 1. The molecule has 1 N–H and O–H groups in total. The summed E-state index contributed by atoms with van der Waals surface area (Å²) >= 11 is 1.49. The summed E-state index contributed by atoms with van der Waals surface area (Å²) in [4.78, 5) is 18.4. The van der Waals surface area contributed by atoms with Gasteiger partial charge in [-0.15, -0.1) is 10.2 Å². The molecule has 0 bridgehead atoms. The summed E-state index contributed by atoms with van der Waals surface area (Å²) in [6.07, 6.45) is 10.8. The van der Waals surface area contributed by atoms with Crippen molar-refractivity contribution in [3.8, 4) is 11.4 Å². The molecule has 32 heavy (non-hydrogen) atoms. The summed E-state index contributed by atoms with van der Waals surface area (Å²) in [6.45, 7) is 1.13. The van der Waals surface area contributed by atoms with Crippen LogP contribution in [-0.4, -0.2) is 56.6 Å². The van der Waals surface area contributed by atoms with Gasteiger partial charge in [-0.3, -0.25) is 9.36 Å². The monoisotopic (exact) mass is 451 g/mol. The number of H-pyrrole nitrogens is 1. The standard InChI is InChI=1S/C24H29N5O2S/c1-31-14-13-28(17-7-3-2-4-8-17)22(30)16-32-24-27-26-23(29(24)18-11-12-18)20-15-25-21-10-6-5-9-19(20)21/h5-7,9-10,15,18,25H,2-4,8,11-14,16H2,1H3. The Kier molecular flexibility index (Phi) is 6.32. The van der Waals surface area contributed by atoms with Crippen molar-refractivity contribution in [2.45, 2.75) is 49.7 Å². The first kappa shape index (κ1) is 21.3. The van der Waals surface area contributed by atoms with E-state index in [4.69, 9.17) is 4.74 Å². The molecule has 1 fully saturated rings. The second-order valence-corrected chi connectivity index (χ2v) is 9.37. The zero-order chi connectivity index (χ0) is 21.9. The van der Waals surface area contributed by atoms with Crippen LogP contribution in [0.2, 0.25) is 0 Å². The number of para-hydroxylation sites is 1. The lowest BCUT2D eigenvalue weighted by atomic mass is 10.0. The number of hydrogen-bond donors (Lipinski definition) is 1. The number of nitrogens with zero attached hydrogens (tertiary/aromatic N) is 4. The SMILES string of the molecule is COCCN(C(=O)CSc1nnc(-c2c[nH]c3ccccc23)n1C1CC1)C1=CCCCC1. The second-order valence-electron chi connectivity index (χ2n) is 8.42. The highest BCUT2D eigenvalue weighted by Gasteiger charge is 2.31. The molecule has 0 radical (unpaired) electrons. The van der Waals surface area contributed by atoms with Crippen LogP contribution >= 0.6 is 11.8 Å². The van der Waals surface area contributed by atoms with Crippen molar-refractivity contribution in [2.24, 2.45) is 0 Å². The van der Waals surface area contributed by atoms with Crippen LogP contribution in [0.1, 0.15) is 44.6 Å². The second kappa shape index (κ2) is 9.50. The van der Waals surface area contributed by atoms with Crippen LogP contribution in [0.5, 0.6) is 0 Å². The maximum Gasteiger partial charge on any atom is 0.237 e. The van der Waals surface area contributed by atoms with Gasteiger partial charge in [0.25, 0.3) is 0 Å². The molecular weight excluding hydrogens is 422 g/mol. The average Bonchev–Trinajstić information content (AvgIpc) is 3.44. The van der Waals surface area contributed by atoms with Gasteiger partial charge in [-0.05, 0) is 44.6 Å². The first-order chi connectivity index (χ1) is 15.8. The summed E-state index contributed by atoms with van der Waals surface area (Å²) in [5.74, 6) is 1.34. The number of carbonyl (C=O) groups is 1. The van der Waals surface area contributed by atoms with E-state index in [0.29, 0.717) is 24.9 Å². The van der Waals surface area contributed by atoms with Crippen LogP contribution in [-0.2, 0) is 9.53 Å². The van der Waals surface area contributed by atoms with Gasteiger partial charge in [0.1, 0.15) is 0 Å². The summed E-state index contributed by atoms with van der Waals surface area (Å²) in [5, 5.41) is 11.0. The van der Waals surface area contributed by atoms with E-state index in [-0.39, 0.29) is 5.91 Å². The number of carbonyl (C=O) groups excluding carboxylic acids is 1. The Balaban J connectivity index is 1.36. The van der Waals surface area contributed by atoms with Gasteiger partial charge in [0.2, 0.25) is 5.91 Å². The topological polar surface area (TPSA) is 76.0 Å². The number of rotatable bonds is 9. The van der Waals surface area contributed by atoms with Crippen molar-refractivity contribution in [2.75, 3.05) is 26.0 Å². The van der Waals surface area contributed by atoms with Crippen LogP contribution in [0.15, 0.2) is 47.4 Å². The van der Waals surface area contributed by atoms with Gasteiger partial charge in [0.15, 0.2) is 11.0 Å². The molecule has 1 saturated carbocycles. The smallest absolute Gasteiger partial charge is 0.237 e. The highest BCUT2D eigenvalue weighted by Crippen LogP contribution is 2.42. The first-order valence-corrected chi connectivity index (χ1v) is 12.4. The molecule has 7 nitrogen and oxygen atoms in total. The van der Waals surface area contributed by atoms with Gasteiger partial charge in [-0.1, -0.05) is 36.0 Å². The number of hydrogen-bond acceptors (Lipinski definition) is 5. The number of methoxy groups -OCH3 is 1. The Bertz CT molecular complexity index is 1130. The minimum atomic E-state index is 0.110. The van der Waals surface area contributed by atoms with Gasteiger partial charge in [0, 0.05) is 48.1 Å². The minimum Gasteiger partial charge on any atom is -0.383 e. The Labute approximate surface area is 192 Å². The Hall–Kier alpha value is -2.58. The van der Waals surface area contributed by atoms with Crippen molar-refractivity contribution in [3.05, 3.63) is 42.2 Å². The van der Waals surface area contributed by atoms with Crippen LogP contribution in [0.25, 0.3) is 22.3 Å². The number of benzene rings is 1. The van der Waals surface area contributed by atoms with Crippen LogP contribution in [0, 0.1) is 0 Å². The molecule has 0 saturated heterocycles. The molecule has 0 unspecified atom stereocenters. The molecule has 2 aliphatic carbocycles. The van der Waals surface area contributed by atoms with Crippen LogP contribution in [0.4, 0.5) is 0 Å². The molecule has 1 aromatic carbocycles. The summed E-state index contributed by atoms with van der Waals surface area (Å²) in [6, 6.07) is 8.66. The molecule has 0 aliphatic heterocycles. The van der Waals surface area contributed by atoms with Crippen molar-refractivity contribution >= 4 is 28.6 Å². The maximum absolute atomic E-state index is 13.2. The van der Waals surface area contributed by atoms with Crippen LogP contribution < -0.4 is 0 Å². The van der Waals surface area contributed by atoms with Crippen molar-refractivity contribution in [1.82, 2.24) is 24.6 Å². The van der Waals surface area contributed by atoms with Gasteiger partial charge in [-0.2, -0.15) is 0 Å². The number of aromatic nitrogens is 4. The zero-order valence-corrected chi connectivity index (χ0v) is 19.2. The van der Waals surface area contributed by atoms with E-state index in [2.05, 4.69) is 38.0 Å². The molecule has 2 heterocycles. The predicted octanol–water partition coefficient (Wildman–Crippen LogP) is 4.79. The number of thioether (sulfide) groups is 1. The maximum atomic E-state index is 13.2. The number of fused-ring (bicyclic) bond motifs is 1. The highest BCUT2D eigenvalue weighted by atomic mass is 32.2. The molecule has 0 atom stereocenters. The number of allylic oxidation sites excluding steroid dienone is 2. The predicted molar refractivity (Wildman–Crippen MR) is 126 cm³/mol. The average molecular weight is 452 g/mol. The van der Waals surface area contributed by atoms with Crippen LogP contribution in [0.3, 0.4) is 0 Å². The van der Waals surface area contributed by atoms with E-state index in [0.717, 1.165) is 65.2 Å². The quantitative estimate of drug-likeness (QED) is 0.474. The third-order valence-electron chi connectivity index (χ3n) is 6.17. The number of nitrogens with one attached hydrogen (secondary N) is 1. The van der Waals surface area contributed by atoms with E-state index in [1.807, 2.05) is 23.2 Å². The van der Waals surface area contributed by atoms with E-state index in [1.54, 1.807) is 7.11 Å². The van der Waals surface area contributed by atoms with E-state index < -0.39 is 0 Å². The van der Waals surface area contributed by atoms with E-state index >= 15 is 0 Å². The lowest BCUT2D eigenvalue weighted by Crippen LogP contribution is -2.35. The summed E-state index contributed by atoms with van der Waals surface area (Å²) in [5.41, 5.74) is 3.29. The molecule has 2 aromatic heterocycles. The zero-order valence-electron chi connectivity index (χ0n) is 18.4. The van der Waals surface area contributed by atoms with Gasteiger partial charge in [0.05, 0.1) is 12.4 Å². The fraction of sp³-hybridized carbons (Fsp3) is 0.458. The Morgan fingerprint density at radius 3 is 2.94 bits per heavy atom. The Morgan fingerprint density at radius 2 is 2.16 bits per heavy atom. The fourth-order valence-electron chi connectivity index (χ4n) is 4.36. The third kappa shape index (κ3) is 4.34. The number of amides is 1. The molecule has 5 rings (SSSR count). The van der Waals surface area contributed by atoms with E-state index in [9.17, 15) is 4.79 Å². The molecule has 168 valence electrons. The molecule has 0 spiro atoms. The lowest BCUT2D eigenvalue weighted by molar-refractivity contribution is -0.127. The van der Waals surface area contributed by atoms with Gasteiger partial charge >= 0.3 is 0 Å². The van der Waals surface area contributed by atoms with Gasteiger partial charge < -0.3 is 14.6 Å². The van der Waals surface area contributed by atoms with Crippen molar-refractivity contribution < 1.29 is 9.53 Å². The largest absolute Gasteiger partial charge is 0.383 e. The van der Waals surface area contributed by atoms with Gasteiger partial charge in [-0.25, -0.2) is 0 Å². The lowest BCUT2D eigenvalue weighted by Gasteiger charge is -2.27. The molecule has 8 heteroatoms. The molecule has 3 aromatic rings. The molecule has 1 amide bonds. The summed E-state index contributed by atoms with van der Waals surface area (Å²) < 4.78 is 7.49. The Morgan fingerprint density at radius 1 is 1.28 bits per heavy atom. The normalized spacial score (nSPS) is 16.3. The molecule has 2 aliphatic rings. The van der Waals surface area contributed by atoms with Crippen molar-refractivity contribution in [1.29, 1.82) is 0 Å². The minimum absolute atomic E-state index is 0.110. The van der Waals surface area contributed by atoms with Crippen molar-refractivity contribution in [3.63, 3.8) is 0 Å². The first-order valence-electron chi connectivity index (χ1n) is 11.4.